The van der Waals surface area contributed by atoms with Gasteiger partial charge in [-0.25, -0.2) is 8.42 Å². The van der Waals surface area contributed by atoms with E-state index in [1.807, 2.05) is 6.07 Å². The second-order valence-electron chi connectivity index (χ2n) is 3.95. The summed E-state index contributed by atoms with van der Waals surface area (Å²) >= 11 is 5.92. The Hall–Kier alpha value is -2.23. The number of nitrogen functional groups attached to an aromatic ring is 1. The van der Waals surface area contributed by atoms with Crippen LogP contribution >= 0.6 is 11.6 Å². The Kier molecular flexibility index (Phi) is 3.84. The zero-order chi connectivity index (χ0) is 14.8. The summed E-state index contributed by atoms with van der Waals surface area (Å²) in [6, 6.07) is 12.2. The number of nitrogens with one attached hydrogen (secondary N) is 1. The first-order valence-corrected chi connectivity index (χ1v) is 7.37. The summed E-state index contributed by atoms with van der Waals surface area (Å²) in [5.74, 6) is 0. The average Bonchev–Trinajstić information content (AvgIpc) is 2.42. The summed E-state index contributed by atoms with van der Waals surface area (Å²) in [4.78, 5) is -0.110. The van der Waals surface area contributed by atoms with Crippen molar-refractivity contribution in [1.29, 1.82) is 5.26 Å². The van der Waals surface area contributed by atoms with Crippen LogP contribution in [0.25, 0.3) is 0 Å². The quantitative estimate of drug-likeness (QED) is 0.852. The van der Waals surface area contributed by atoms with Gasteiger partial charge in [-0.05, 0) is 30.3 Å². The van der Waals surface area contributed by atoms with Crippen LogP contribution < -0.4 is 10.5 Å². The van der Waals surface area contributed by atoms with Gasteiger partial charge in [-0.3, -0.25) is 4.72 Å². The minimum atomic E-state index is -3.91. The van der Waals surface area contributed by atoms with E-state index in [2.05, 4.69) is 4.72 Å². The Morgan fingerprint density at radius 2 is 1.90 bits per heavy atom. The molecule has 2 rings (SSSR count). The second kappa shape index (κ2) is 5.41. The molecule has 3 N–H and O–H groups in total. The monoisotopic (exact) mass is 307 g/mol. The highest BCUT2D eigenvalue weighted by Crippen LogP contribution is 2.27. The summed E-state index contributed by atoms with van der Waals surface area (Å²) in [6.45, 7) is 0. The van der Waals surface area contributed by atoms with Crippen molar-refractivity contribution in [1.82, 2.24) is 0 Å². The van der Waals surface area contributed by atoms with Crippen LogP contribution in [-0.4, -0.2) is 8.42 Å². The molecule has 0 heterocycles. The number of benzene rings is 2. The van der Waals surface area contributed by atoms with E-state index in [9.17, 15) is 8.42 Å². The van der Waals surface area contributed by atoms with Crippen LogP contribution in [0.2, 0.25) is 5.02 Å². The number of nitrogens with two attached hydrogens (primary N) is 1. The first-order chi connectivity index (χ1) is 9.44. The van der Waals surface area contributed by atoms with E-state index in [1.54, 1.807) is 12.1 Å². The van der Waals surface area contributed by atoms with Crippen molar-refractivity contribution in [2.45, 2.75) is 4.90 Å². The molecule has 0 aromatic heterocycles. The summed E-state index contributed by atoms with van der Waals surface area (Å²) in [7, 11) is -3.91. The highest BCUT2D eigenvalue weighted by molar-refractivity contribution is 7.92. The fourth-order valence-corrected chi connectivity index (χ4v) is 3.06. The van der Waals surface area contributed by atoms with Crippen LogP contribution in [0.5, 0.6) is 0 Å². The maximum Gasteiger partial charge on any atom is 0.263 e. The number of hydrogen-bond acceptors (Lipinski definition) is 4. The Morgan fingerprint density at radius 3 is 2.60 bits per heavy atom. The molecule has 2 aromatic rings. The molecule has 2 aromatic carbocycles. The number of halogens is 1. The van der Waals surface area contributed by atoms with E-state index >= 15 is 0 Å². The molecule has 0 aliphatic carbocycles. The molecule has 0 unspecified atom stereocenters. The molecule has 0 aliphatic heterocycles. The fourth-order valence-electron chi connectivity index (χ4n) is 1.61. The molecule has 0 bridgehead atoms. The van der Waals surface area contributed by atoms with Crippen molar-refractivity contribution in [3.8, 4) is 6.07 Å². The van der Waals surface area contributed by atoms with E-state index in [4.69, 9.17) is 22.6 Å². The van der Waals surface area contributed by atoms with Crippen LogP contribution in [0.1, 0.15) is 5.56 Å². The molecule has 0 saturated heterocycles. The molecule has 7 heteroatoms. The largest absolute Gasteiger partial charge is 0.399 e. The first kappa shape index (κ1) is 14.2. The second-order valence-corrected chi connectivity index (χ2v) is 6.01. The predicted octanol–water partition coefficient (Wildman–Crippen LogP) is 2.59. The Bertz CT molecular complexity index is 798. The van der Waals surface area contributed by atoms with Gasteiger partial charge in [-0.2, -0.15) is 5.26 Å². The van der Waals surface area contributed by atoms with Crippen molar-refractivity contribution < 1.29 is 8.42 Å². The maximum atomic E-state index is 12.3. The van der Waals surface area contributed by atoms with Crippen LogP contribution in [0.4, 0.5) is 11.4 Å². The lowest BCUT2D eigenvalue weighted by molar-refractivity contribution is 0.601. The number of rotatable bonds is 3. The molecule has 102 valence electrons. The minimum absolute atomic E-state index is 0.0556. The molecule has 20 heavy (non-hydrogen) atoms. The molecule has 0 saturated carbocycles. The summed E-state index contributed by atoms with van der Waals surface area (Å²) < 4.78 is 26.9. The van der Waals surface area contributed by atoms with E-state index in [0.717, 1.165) is 0 Å². The van der Waals surface area contributed by atoms with Crippen LogP contribution in [0.15, 0.2) is 47.4 Å². The number of nitriles is 1. The standard InChI is InChI=1S/C13H10ClN3O2S/c14-11-6-5-10(16)7-12(11)17-20(18,19)13-4-2-1-3-9(13)8-15/h1-7,17H,16H2. The van der Waals surface area contributed by atoms with Crippen LogP contribution in [0.3, 0.4) is 0 Å². The third-order valence-electron chi connectivity index (χ3n) is 2.53. The smallest absolute Gasteiger partial charge is 0.263 e. The average molecular weight is 308 g/mol. The molecule has 0 amide bonds. The number of nitrogens with zero attached hydrogens (tertiary/aromatic N) is 1. The van der Waals surface area contributed by atoms with Crippen molar-refractivity contribution in [2.24, 2.45) is 0 Å². The van der Waals surface area contributed by atoms with Crippen LogP contribution in [-0.2, 0) is 10.0 Å². The molecule has 0 atom stereocenters. The van der Waals surface area contributed by atoms with Crippen LogP contribution in [0, 0.1) is 11.3 Å². The van der Waals surface area contributed by atoms with Gasteiger partial charge in [0.25, 0.3) is 10.0 Å². The van der Waals surface area contributed by atoms with E-state index in [1.165, 1.54) is 30.3 Å². The van der Waals surface area contributed by atoms with Gasteiger partial charge in [0.15, 0.2) is 0 Å². The summed E-state index contributed by atoms with van der Waals surface area (Å²) in [5, 5.41) is 9.18. The van der Waals surface area contributed by atoms with Gasteiger partial charge in [-0.15, -0.1) is 0 Å². The molecule has 0 radical (unpaired) electrons. The number of sulfonamides is 1. The minimum Gasteiger partial charge on any atom is -0.399 e. The van der Waals surface area contributed by atoms with Gasteiger partial charge in [0.1, 0.15) is 11.0 Å². The third-order valence-corrected chi connectivity index (χ3v) is 4.29. The molecular weight excluding hydrogens is 298 g/mol. The Balaban J connectivity index is 2.47. The summed E-state index contributed by atoms with van der Waals surface area (Å²) in [5.41, 5.74) is 6.19. The fraction of sp³-hybridized carbons (Fsp3) is 0. The lowest BCUT2D eigenvalue weighted by Gasteiger charge is -2.11. The van der Waals surface area contributed by atoms with Crippen molar-refractivity contribution in [2.75, 3.05) is 10.5 Å². The lowest BCUT2D eigenvalue weighted by Crippen LogP contribution is -2.14. The molecule has 0 aliphatic rings. The predicted molar refractivity (Wildman–Crippen MR) is 77.8 cm³/mol. The summed E-state index contributed by atoms with van der Waals surface area (Å²) in [6.07, 6.45) is 0. The number of anilines is 2. The highest BCUT2D eigenvalue weighted by atomic mass is 35.5. The van der Waals surface area contributed by atoms with Gasteiger partial charge in [0.05, 0.1) is 16.3 Å². The zero-order valence-electron chi connectivity index (χ0n) is 10.2. The van der Waals surface area contributed by atoms with E-state index < -0.39 is 10.0 Å². The van der Waals surface area contributed by atoms with Crippen molar-refractivity contribution >= 4 is 33.0 Å². The number of hydrogen-bond donors (Lipinski definition) is 2. The Morgan fingerprint density at radius 1 is 1.20 bits per heavy atom. The molecular formula is C13H10ClN3O2S. The maximum absolute atomic E-state index is 12.3. The van der Waals surface area contributed by atoms with E-state index in [0.29, 0.717) is 5.69 Å². The lowest BCUT2D eigenvalue weighted by atomic mass is 10.2. The van der Waals surface area contributed by atoms with Crippen molar-refractivity contribution in [3.63, 3.8) is 0 Å². The Labute approximate surface area is 121 Å². The highest BCUT2D eigenvalue weighted by Gasteiger charge is 2.19. The van der Waals surface area contributed by atoms with Gasteiger partial charge in [-0.1, -0.05) is 23.7 Å². The van der Waals surface area contributed by atoms with Gasteiger partial charge < -0.3 is 5.73 Å². The van der Waals surface area contributed by atoms with Crippen molar-refractivity contribution in [3.05, 3.63) is 53.1 Å². The topological polar surface area (TPSA) is 96.0 Å². The SMILES string of the molecule is N#Cc1ccccc1S(=O)(=O)Nc1cc(N)ccc1Cl. The third kappa shape index (κ3) is 2.85. The molecule has 0 fully saturated rings. The van der Waals surface area contributed by atoms with E-state index in [-0.39, 0.29) is 21.2 Å². The first-order valence-electron chi connectivity index (χ1n) is 5.51. The normalized spacial score (nSPS) is 10.8. The molecule has 5 nitrogen and oxygen atoms in total. The van der Waals surface area contributed by atoms with Gasteiger partial charge >= 0.3 is 0 Å². The zero-order valence-corrected chi connectivity index (χ0v) is 11.7. The van der Waals surface area contributed by atoms with Gasteiger partial charge in [0.2, 0.25) is 0 Å². The molecule has 0 spiro atoms. The van der Waals surface area contributed by atoms with Gasteiger partial charge in [0, 0.05) is 5.69 Å².